The first-order valence-corrected chi connectivity index (χ1v) is 5.41. The zero-order valence-corrected chi connectivity index (χ0v) is 9.48. The molecule has 0 heterocycles. The summed E-state index contributed by atoms with van der Waals surface area (Å²) in [5, 5.41) is 3.14. The predicted octanol–water partition coefficient (Wildman–Crippen LogP) is 3.06. The fourth-order valence-electron chi connectivity index (χ4n) is 1.24. The minimum absolute atomic E-state index is 0.208. The quantitative estimate of drug-likeness (QED) is 0.269. The van der Waals surface area contributed by atoms with Crippen LogP contribution < -0.4 is 0 Å². The van der Waals surface area contributed by atoms with Gasteiger partial charge in [0.25, 0.3) is 0 Å². The lowest BCUT2D eigenvalue weighted by molar-refractivity contribution is -0.143. The van der Waals surface area contributed by atoms with Crippen LogP contribution in [0.4, 0.5) is 0 Å². The summed E-state index contributed by atoms with van der Waals surface area (Å²) in [4.78, 5) is 13.5. The standard InChI is InChI=1S/C10H19N3O2/c1-3-5-6-9(4-2)8-15-10(14)7-12-13-11/h9H,3-8H2,1-2H3. The molecule has 0 aliphatic rings. The van der Waals surface area contributed by atoms with Gasteiger partial charge in [-0.15, -0.1) is 0 Å². The normalized spacial score (nSPS) is 11.6. The molecular weight excluding hydrogens is 194 g/mol. The minimum Gasteiger partial charge on any atom is -0.465 e. The SMILES string of the molecule is CCCCC(CC)COC(=O)CN=[N+]=[N-]. The van der Waals surface area contributed by atoms with Crippen LogP contribution in [0.5, 0.6) is 0 Å². The van der Waals surface area contributed by atoms with Crippen LogP contribution in [0.3, 0.4) is 0 Å². The maximum atomic E-state index is 11.0. The van der Waals surface area contributed by atoms with Gasteiger partial charge in [0.05, 0.1) is 6.61 Å². The molecule has 0 spiro atoms. The molecule has 0 fully saturated rings. The van der Waals surface area contributed by atoms with Gasteiger partial charge in [-0.25, -0.2) is 0 Å². The summed E-state index contributed by atoms with van der Waals surface area (Å²) >= 11 is 0. The number of nitrogens with zero attached hydrogens (tertiary/aromatic N) is 3. The molecule has 0 rings (SSSR count). The number of hydrogen-bond acceptors (Lipinski definition) is 3. The molecule has 5 heteroatoms. The summed E-state index contributed by atoms with van der Waals surface area (Å²) in [5.41, 5.74) is 8.01. The summed E-state index contributed by atoms with van der Waals surface area (Å²) < 4.78 is 4.99. The van der Waals surface area contributed by atoms with Crippen LogP contribution in [0.1, 0.15) is 39.5 Å². The van der Waals surface area contributed by atoms with E-state index in [1.165, 1.54) is 0 Å². The van der Waals surface area contributed by atoms with Crippen molar-refractivity contribution in [3.63, 3.8) is 0 Å². The third-order valence-electron chi connectivity index (χ3n) is 2.29. The first-order valence-electron chi connectivity index (χ1n) is 5.41. The summed E-state index contributed by atoms with van der Waals surface area (Å²) in [5.74, 6) is -0.0114. The van der Waals surface area contributed by atoms with Gasteiger partial charge in [-0.3, -0.25) is 4.79 Å². The summed E-state index contributed by atoms with van der Waals surface area (Å²) in [6.07, 6.45) is 4.41. The van der Waals surface area contributed by atoms with E-state index in [-0.39, 0.29) is 6.54 Å². The average Bonchev–Trinajstić information content (AvgIpc) is 2.26. The number of ether oxygens (including phenoxy) is 1. The lowest BCUT2D eigenvalue weighted by Crippen LogP contribution is -2.15. The summed E-state index contributed by atoms with van der Waals surface area (Å²) in [7, 11) is 0. The van der Waals surface area contributed by atoms with Gasteiger partial charge in [0.2, 0.25) is 0 Å². The highest BCUT2D eigenvalue weighted by molar-refractivity contribution is 5.71. The van der Waals surface area contributed by atoms with Gasteiger partial charge in [-0.2, -0.15) is 0 Å². The van der Waals surface area contributed by atoms with Gasteiger partial charge < -0.3 is 4.74 Å². The zero-order valence-electron chi connectivity index (χ0n) is 9.48. The van der Waals surface area contributed by atoms with Crippen LogP contribution in [-0.4, -0.2) is 19.1 Å². The van der Waals surface area contributed by atoms with E-state index in [1.807, 2.05) is 0 Å². The molecule has 0 aliphatic heterocycles. The van der Waals surface area contributed by atoms with E-state index in [1.54, 1.807) is 0 Å². The highest BCUT2D eigenvalue weighted by Crippen LogP contribution is 2.12. The van der Waals surface area contributed by atoms with Crippen LogP contribution in [0.15, 0.2) is 5.11 Å². The van der Waals surface area contributed by atoms with Gasteiger partial charge in [0.1, 0.15) is 6.54 Å². The van der Waals surface area contributed by atoms with Crippen molar-refractivity contribution in [1.82, 2.24) is 0 Å². The monoisotopic (exact) mass is 213 g/mol. The van der Waals surface area contributed by atoms with Crippen LogP contribution in [0.25, 0.3) is 10.4 Å². The van der Waals surface area contributed by atoms with Gasteiger partial charge >= 0.3 is 5.97 Å². The molecule has 1 unspecified atom stereocenters. The number of carbonyl (C=O) groups excluding carboxylic acids is 1. The van der Waals surface area contributed by atoms with Crippen LogP contribution in [-0.2, 0) is 9.53 Å². The van der Waals surface area contributed by atoms with Crippen molar-refractivity contribution < 1.29 is 9.53 Å². The van der Waals surface area contributed by atoms with Crippen molar-refractivity contribution in [2.75, 3.05) is 13.2 Å². The number of rotatable bonds is 8. The zero-order chi connectivity index (χ0) is 11.5. The van der Waals surface area contributed by atoms with Gasteiger partial charge in [-0.1, -0.05) is 38.2 Å². The van der Waals surface area contributed by atoms with Crippen molar-refractivity contribution in [3.8, 4) is 0 Å². The van der Waals surface area contributed by atoms with Crippen LogP contribution in [0, 0.1) is 5.92 Å². The van der Waals surface area contributed by atoms with Crippen molar-refractivity contribution in [2.24, 2.45) is 11.0 Å². The molecule has 1 atom stereocenters. The molecule has 5 nitrogen and oxygen atoms in total. The van der Waals surface area contributed by atoms with Crippen molar-refractivity contribution in [3.05, 3.63) is 10.4 Å². The molecule has 0 radical (unpaired) electrons. The largest absolute Gasteiger partial charge is 0.465 e. The maximum Gasteiger partial charge on any atom is 0.311 e. The molecule has 0 aromatic carbocycles. The highest BCUT2D eigenvalue weighted by Gasteiger charge is 2.08. The molecule has 15 heavy (non-hydrogen) atoms. The Labute approximate surface area is 90.4 Å². The Morgan fingerprint density at radius 2 is 2.27 bits per heavy atom. The number of unbranched alkanes of at least 4 members (excludes halogenated alkanes) is 1. The van der Waals surface area contributed by atoms with Gasteiger partial charge in [0, 0.05) is 4.91 Å². The van der Waals surface area contributed by atoms with Crippen molar-refractivity contribution in [1.29, 1.82) is 0 Å². The Kier molecular flexibility index (Phi) is 8.58. The first-order chi connectivity index (χ1) is 7.24. The number of esters is 1. The number of hydrogen-bond donors (Lipinski definition) is 0. The van der Waals surface area contributed by atoms with E-state index in [9.17, 15) is 4.79 Å². The van der Waals surface area contributed by atoms with E-state index in [2.05, 4.69) is 23.9 Å². The Balaban J connectivity index is 3.69. The van der Waals surface area contributed by atoms with Crippen LogP contribution >= 0.6 is 0 Å². The topological polar surface area (TPSA) is 75.1 Å². The molecule has 0 amide bonds. The maximum absolute atomic E-state index is 11.0. The highest BCUT2D eigenvalue weighted by atomic mass is 16.5. The average molecular weight is 213 g/mol. The van der Waals surface area contributed by atoms with E-state index in [0.29, 0.717) is 12.5 Å². The van der Waals surface area contributed by atoms with Crippen LogP contribution in [0.2, 0.25) is 0 Å². The smallest absolute Gasteiger partial charge is 0.311 e. The Morgan fingerprint density at radius 3 is 2.80 bits per heavy atom. The second kappa shape index (κ2) is 9.34. The Morgan fingerprint density at radius 1 is 1.53 bits per heavy atom. The Hall–Kier alpha value is -1.22. The summed E-state index contributed by atoms with van der Waals surface area (Å²) in [6, 6.07) is 0. The molecule has 0 saturated carbocycles. The predicted molar refractivity (Wildman–Crippen MR) is 58.3 cm³/mol. The third-order valence-corrected chi connectivity index (χ3v) is 2.29. The van der Waals surface area contributed by atoms with E-state index in [4.69, 9.17) is 10.3 Å². The molecule has 0 aromatic rings. The molecular formula is C10H19N3O2. The van der Waals surface area contributed by atoms with Crippen molar-refractivity contribution in [2.45, 2.75) is 39.5 Å². The van der Waals surface area contributed by atoms with Gasteiger partial charge in [-0.05, 0) is 17.9 Å². The molecule has 0 bridgehead atoms. The van der Waals surface area contributed by atoms with Gasteiger partial charge in [0.15, 0.2) is 0 Å². The fraction of sp³-hybridized carbons (Fsp3) is 0.900. The van der Waals surface area contributed by atoms with E-state index < -0.39 is 5.97 Å². The second-order valence-electron chi connectivity index (χ2n) is 3.49. The molecule has 0 aliphatic carbocycles. The molecule has 0 aromatic heterocycles. The van der Waals surface area contributed by atoms with E-state index >= 15 is 0 Å². The lowest BCUT2D eigenvalue weighted by Gasteiger charge is -2.13. The fourth-order valence-corrected chi connectivity index (χ4v) is 1.24. The molecule has 0 saturated heterocycles. The number of azide groups is 1. The molecule has 0 N–H and O–H groups in total. The summed E-state index contributed by atoms with van der Waals surface area (Å²) in [6.45, 7) is 4.46. The van der Waals surface area contributed by atoms with Crippen molar-refractivity contribution >= 4 is 5.97 Å². The third kappa shape index (κ3) is 7.82. The Bertz CT molecular complexity index is 225. The second-order valence-corrected chi connectivity index (χ2v) is 3.49. The minimum atomic E-state index is -0.442. The lowest BCUT2D eigenvalue weighted by atomic mass is 10.0. The molecule has 86 valence electrons. The number of carbonyl (C=O) groups is 1. The first kappa shape index (κ1) is 13.8. The van der Waals surface area contributed by atoms with E-state index in [0.717, 1.165) is 25.7 Å².